The van der Waals surface area contributed by atoms with Crippen LogP contribution in [0.2, 0.25) is 0 Å². The van der Waals surface area contributed by atoms with Gasteiger partial charge in [-0.3, -0.25) is 4.79 Å². The van der Waals surface area contributed by atoms with E-state index < -0.39 is 0 Å². The zero-order chi connectivity index (χ0) is 8.06. The summed E-state index contributed by atoms with van der Waals surface area (Å²) in [5, 5.41) is 0. The Hall–Kier alpha value is -0.530. The maximum Gasteiger partial charge on any atom is 0.219 e. The van der Waals surface area contributed by atoms with E-state index in [2.05, 4.69) is 0 Å². The number of nitrogens with zero attached hydrogens (tertiary/aromatic N) is 1. The molecule has 0 heterocycles. The van der Waals surface area contributed by atoms with Gasteiger partial charge in [-0.15, -0.1) is 0 Å². The van der Waals surface area contributed by atoms with Crippen molar-refractivity contribution in [2.24, 2.45) is 11.3 Å². The molecule has 0 atom stereocenters. The van der Waals surface area contributed by atoms with Crippen molar-refractivity contribution in [1.82, 2.24) is 4.90 Å². The second-order valence-electron chi connectivity index (χ2n) is 4.35. The van der Waals surface area contributed by atoms with E-state index in [-0.39, 0.29) is 5.91 Å². The summed E-state index contributed by atoms with van der Waals surface area (Å²) < 4.78 is 0. The predicted octanol–water partition coefficient (Wildman–Crippen LogP) is 1.26. The van der Waals surface area contributed by atoms with Crippen molar-refractivity contribution >= 4 is 5.91 Å². The molecule has 0 unspecified atom stereocenters. The molecule has 2 heteroatoms. The summed E-state index contributed by atoms with van der Waals surface area (Å²) in [6.07, 6.45) is 4.14. The van der Waals surface area contributed by atoms with Crippen molar-refractivity contribution in [3.05, 3.63) is 0 Å². The summed E-state index contributed by atoms with van der Waals surface area (Å²) in [7, 11) is 1.91. The van der Waals surface area contributed by atoms with Gasteiger partial charge in [-0.2, -0.15) is 0 Å². The third-order valence-corrected chi connectivity index (χ3v) is 3.28. The monoisotopic (exact) mass is 153 g/mol. The zero-order valence-corrected chi connectivity index (χ0v) is 7.26. The molecule has 3 aliphatic rings. The molecule has 2 bridgehead atoms. The van der Waals surface area contributed by atoms with E-state index in [1.807, 2.05) is 11.9 Å². The van der Waals surface area contributed by atoms with Crippen molar-refractivity contribution in [1.29, 1.82) is 0 Å². The molecule has 3 rings (SSSR count). The Labute approximate surface area is 67.6 Å². The lowest BCUT2D eigenvalue weighted by atomic mass is 9.44. The molecule has 62 valence electrons. The molecule has 1 amide bonds. The Morgan fingerprint density at radius 2 is 2.09 bits per heavy atom. The Bertz CT molecular complexity index is 183. The average molecular weight is 153 g/mol. The largest absolute Gasteiger partial charge is 0.345 e. The molecule has 0 aromatic carbocycles. The van der Waals surface area contributed by atoms with Crippen LogP contribution in [0.4, 0.5) is 0 Å². The number of carbonyl (C=O) groups is 1. The molecule has 0 radical (unpaired) electrons. The fourth-order valence-corrected chi connectivity index (χ4v) is 2.47. The van der Waals surface area contributed by atoms with Gasteiger partial charge in [0.1, 0.15) is 0 Å². The van der Waals surface area contributed by atoms with Gasteiger partial charge in [0.15, 0.2) is 0 Å². The van der Waals surface area contributed by atoms with Crippen LogP contribution in [0.5, 0.6) is 0 Å². The first-order valence-electron chi connectivity index (χ1n) is 4.33. The van der Waals surface area contributed by atoms with Crippen molar-refractivity contribution in [2.75, 3.05) is 13.6 Å². The van der Waals surface area contributed by atoms with Crippen molar-refractivity contribution in [3.63, 3.8) is 0 Å². The fraction of sp³-hybridized carbons (Fsp3) is 0.889. The van der Waals surface area contributed by atoms with Crippen LogP contribution in [-0.4, -0.2) is 24.4 Å². The quantitative estimate of drug-likeness (QED) is 0.585. The first-order valence-corrected chi connectivity index (χ1v) is 4.33. The Morgan fingerprint density at radius 1 is 1.55 bits per heavy atom. The molecular formula is C9H15NO. The molecule has 3 aliphatic carbocycles. The predicted molar refractivity (Wildman–Crippen MR) is 43.1 cm³/mol. The van der Waals surface area contributed by atoms with E-state index in [1.54, 1.807) is 6.92 Å². The number of hydrogen-bond acceptors (Lipinski definition) is 1. The Morgan fingerprint density at radius 3 is 2.36 bits per heavy atom. The third kappa shape index (κ3) is 0.959. The minimum Gasteiger partial charge on any atom is -0.345 e. The summed E-state index contributed by atoms with van der Waals surface area (Å²) in [5.41, 5.74) is 0.574. The number of rotatable bonds is 2. The third-order valence-electron chi connectivity index (χ3n) is 3.28. The van der Waals surface area contributed by atoms with Crippen molar-refractivity contribution in [2.45, 2.75) is 26.2 Å². The highest BCUT2D eigenvalue weighted by Gasteiger charge is 2.56. The van der Waals surface area contributed by atoms with Crippen LogP contribution in [0.1, 0.15) is 26.2 Å². The SMILES string of the molecule is CC(=O)N(C)CC12CC(C1)C2. The smallest absolute Gasteiger partial charge is 0.219 e. The van der Waals surface area contributed by atoms with E-state index in [1.165, 1.54) is 19.3 Å². The number of hydrogen-bond donors (Lipinski definition) is 0. The standard InChI is InChI=1S/C9H15NO/c1-7(11)10(2)6-9-3-8(4-9)5-9/h8H,3-6H2,1-2H3. The summed E-state index contributed by atoms with van der Waals surface area (Å²) in [5.74, 6) is 1.23. The van der Waals surface area contributed by atoms with Gasteiger partial charge in [-0.25, -0.2) is 0 Å². The van der Waals surface area contributed by atoms with Gasteiger partial charge in [0.2, 0.25) is 5.91 Å². The molecule has 11 heavy (non-hydrogen) atoms. The first-order chi connectivity index (χ1) is 5.11. The van der Waals surface area contributed by atoms with Crippen LogP contribution in [0.3, 0.4) is 0 Å². The van der Waals surface area contributed by atoms with E-state index >= 15 is 0 Å². The summed E-state index contributed by atoms with van der Waals surface area (Å²) in [6, 6.07) is 0. The molecule has 0 aromatic heterocycles. The van der Waals surface area contributed by atoms with E-state index in [9.17, 15) is 4.79 Å². The molecule has 0 N–H and O–H groups in total. The van der Waals surface area contributed by atoms with Crippen LogP contribution < -0.4 is 0 Å². The van der Waals surface area contributed by atoms with E-state index in [4.69, 9.17) is 0 Å². The van der Waals surface area contributed by atoms with Gasteiger partial charge in [0, 0.05) is 20.5 Å². The average Bonchev–Trinajstić information content (AvgIpc) is 1.74. The minimum atomic E-state index is 0.203. The summed E-state index contributed by atoms with van der Waals surface area (Å²) in [6.45, 7) is 2.64. The van der Waals surface area contributed by atoms with Crippen molar-refractivity contribution in [3.8, 4) is 0 Å². The van der Waals surface area contributed by atoms with Gasteiger partial charge in [0.25, 0.3) is 0 Å². The second-order valence-corrected chi connectivity index (χ2v) is 4.35. The topological polar surface area (TPSA) is 20.3 Å². The second kappa shape index (κ2) is 1.99. The molecule has 0 saturated heterocycles. The molecular weight excluding hydrogens is 138 g/mol. The molecule has 0 aliphatic heterocycles. The number of carbonyl (C=O) groups excluding carboxylic acids is 1. The van der Waals surface area contributed by atoms with Crippen molar-refractivity contribution < 1.29 is 4.79 Å². The van der Waals surface area contributed by atoms with Gasteiger partial charge < -0.3 is 4.90 Å². The molecule has 3 fully saturated rings. The highest BCUT2D eigenvalue weighted by Crippen LogP contribution is 2.64. The molecule has 0 aromatic rings. The Kier molecular flexibility index (Phi) is 1.29. The van der Waals surface area contributed by atoms with E-state index in [0.29, 0.717) is 5.41 Å². The summed E-state index contributed by atoms with van der Waals surface area (Å²) in [4.78, 5) is 12.8. The van der Waals surface area contributed by atoms with Crippen LogP contribution in [-0.2, 0) is 4.79 Å². The van der Waals surface area contributed by atoms with Crippen LogP contribution >= 0.6 is 0 Å². The van der Waals surface area contributed by atoms with Gasteiger partial charge >= 0.3 is 0 Å². The molecule has 2 nitrogen and oxygen atoms in total. The lowest BCUT2D eigenvalue weighted by molar-refractivity contribution is -0.145. The normalized spacial score (nSPS) is 38.9. The van der Waals surface area contributed by atoms with Gasteiger partial charge in [0.05, 0.1) is 0 Å². The lowest BCUT2D eigenvalue weighted by Crippen LogP contribution is -2.57. The summed E-state index contributed by atoms with van der Waals surface area (Å²) >= 11 is 0. The van der Waals surface area contributed by atoms with Crippen LogP contribution in [0, 0.1) is 11.3 Å². The molecule has 3 saturated carbocycles. The maximum atomic E-state index is 10.9. The zero-order valence-electron chi connectivity index (χ0n) is 7.26. The van der Waals surface area contributed by atoms with Gasteiger partial charge in [-0.1, -0.05) is 0 Å². The Balaban J connectivity index is 1.85. The number of amides is 1. The lowest BCUT2D eigenvalue weighted by Gasteiger charge is -2.62. The fourth-order valence-electron chi connectivity index (χ4n) is 2.47. The van der Waals surface area contributed by atoms with E-state index in [0.717, 1.165) is 12.5 Å². The van der Waals surface area contributed by atoms with Crippen LogP contribution in [0.25, 0.3) is 0 Å². The highest BCUT2D eigenvalue weighted by molar-refractivity contribution is 5.72. The minimum absolute atomic E-state index is 0.203. The maximum absolute atomic E-state index is 10.9. The first kappa shape index (κ1) is 7.14. The van der Waals surface area contributed by atoms with Crippen LogP contribution in [0.15, 0.2) is 0 Å². The van der Waals surface area contributed by atoms with Gasteiger partial charge in [-0.05, 0) is 30.6 Å². The molecule has 0 spiro atoms. The highest BCUT2D eigenvalue weighted by atomic mass is 16.2.